The number of anilines is 1. The summed E-state index contributed by atoms with van der Waals surface area (Å²) >= 11 is 0. The molecular formula is C18H23N5O. The number of rotatable bonds is 3. The molecule has 1 saturated heterocycles. The molecule has 24 heavy (non-hydrogen) atoms. The zero-order chi connectivity index (χ0) is 17.3. The normalized spacial score (nSPS) is 17.5. The van der Waals surface area contributed by atoms with E-state index in [4.69, 9.17) is 10.7 Å². The molecule has 0 aromatic carbocycles. The zero-order valence-corrected chi connectivity index (χ0v) is 14.4. The van der Waals surface area contributed by atoms with Crippen LogP contribution in [0.1, 0.15) is 37.6 Å². The summed E-state index contributed by atoms with van der Waals surface area (Å²) in [6.45, 7) is 7.42. The van der Waals surface area contributed by atoms with Gasteiger partial charge in [-0.2, -0.15) is 0 Å². The van der Waals surface area contributed by atoms with Crippen molar-refractivity contribution in [2.45, 2.75) is 33.1 Å². The summed E-state index contributed by atoms with van der Waals surface area (Å²) in [5.74, 6) is 0.804. The fourth-order valence-corrected chi connectivity index (χ4v) is 3.12. The van der Waals surface area contributed by atoms with Crippen molar-refractivity contribution in [2.75, 3.05) is 18.8 Å². The Morgan fingerprint density at radius 2 is 1.96 bits per heavy atom. The minimum atomic E-state index is 0.0386. The molecule has 0 radical (unpaired) electrons. The van der Waals surface area contributed by atoms with Crippen LogP contribution >= 0.6 is 0 Å². The Hall–Kier alpha value is -2.50. The van der Waals surface area contributed by atoms with Crippen molar-refractivity contribution in [1.29, 1.82) is 0 Å². The second-order valence-corrected chi connectivity index (χ2v) is 6.68. The highest BCUT2D eigenvalue weighted by Crippen LogP contribution is 2.30. The minimum absolute atomic E-state index is 0.0386. The highest BCUT2D eigenvalue weighted by molar-refractivity contribution is 5.78. The van der Waals surface area contributed by atoms with Crippen LogP contribution in [-0.2, 0) is 4.79 Å². The summed E-state index contributed by atoms with van der Waals surface area (Å²) in [5.41, 5.74) is 9.49. The van der Waals surface area contributed by atoms with E-state index in [1.807, 2.05) is 31.7 Å². The lowest BCUT2D eigenvalue weighted by Gasteiger charge is -2.19. The highest BCUT2D eigenvalue weighted by atomic mass is 16.2. The molecule has 1 atom stereocenters. The number of likely N-dealkylation sites (tertiary alicyclic amines) is 1. The van der Waals surface area contributed by atoms with Crippen molar-refractivity contribution in [2.24, 2.45) is 5.92 Å². The smallest absolute Gasteiger partial charge is 0.225 e. The van der Waals surface area contributed by atoms with Crippen LogP contribution in [0.4, 0.5) is 5.95 Å². The quantitative estimate of drug-likeness (QED) is 0.936. The summed E-state index contributed by atoms with van der Waals surface area (Å²) in [6.07, 6.45) is 4.40. The fourth-order valence-electron chi connectivity index (χ4n) is 3.12. The van der Waals surface area contributed by atoms with Gasteiger partial charge in [0.15, 0.2) is 0 Å². The van der Waals surface area contributed by atoms with Crippen LogP contribution < -0.4 is 5.73 Å². The Morgan fingerprint density at radius 1 is 1.25 bits per heavy atom. The van der Waals surface area contributed by atoms with Gasteiger partial charge < -0.3 is 10.6 Å². The number of amides is 1. The van der Waals surface area contributed by atoms with Gasteiger partial charge in [0.25, 0.3) is 0 Å². The van der Waals surface area contributed by atoms with Crippen molar-refractivity contribution < 1.29 is 4.79 Å². The maximum atomic E-state index is 12.2. The third-order valence-electron chi connectivity index (χ3n) is 4.39. The molecule has 1 aliphatic rings. The molecule has 126 valence electrons. The lowest BCUT2D eigenvalue weighted by atomic mass is 10.00. The molecule has 1 amide bonds. The van der Waals surface area contributed by atoms with Gasteiger partial charge in [0.1, 0.15) is 0 Å². The van der Waals surface area contributed by atoms with Gasteiger partial charge in [-0.1, -0.05) is 13.8 Å². The summed E-state index contributed by atoms with van der Waals surface area (Å²) in [6, 6.07) is 4.10. The van der Waals surface area contributed by atoms with E-state index in [-0.39, 0.29) is 23.7 Å². The Balaban J connectivity index is 1.85. The predicted molar refractivity (Wildman–Crippen MR) is 93.2 cm³/mol. The molecular weight excluding hydrogens is 302 g/mol. The van der Waals surface area contributed by atoms with Crippen LogP contribution in [0.25, 0.3) is 11.1 Å². The maximum absolute atomic E-state index is 12.2. The first-order chi connectivity index (χ1) is 11.4. The van der Waals surface area contributed by atoms with Crippen LogP contribution in [0.5, 0.6) is 0 Å². The number of aromatic nitrogens is 3. The molecule has 1 aliphatic heterocycles. The number of nitrogens with zero attached hydrogens (tertiary/aromatic N) is 4. The second-order valence-electron chi connectivity index (χ2n) is 6.68. The van der Waals surface area contributed by atoms with Gasteiger partial charge in [0.05, 0.1) is 0 Å². The van der Waals surface area contributed by atoms with E-state index in [1.165, 1.54) is 0 Å². The number of pyridine rings is 1. The molecule has 6 heteroatoms. The average Bonchev–Trinajstić information content (AvgIpc) is 3.04. The first-order valence-electron chi connectivity index (χ1n) is 8.29. The van der Waals surface area contributed by atoms with Crippen LogP contribution in [0, 0.1) is 12.8 Å². The van der Waals surface area contributed by atoms with E-state index in [1.54, 1.807) is 12.4 Å². The molecule has 0 aliphatic carbocycles. The summed E-state index contributed by atoms with van der Waals surface area (Å²) in [5, 5.41) is 0. The molecule has 2 aromatic rings. The summed E-state index contributed by atoms with van der Waals surface area (Å²) < 4.78 is 0. The SMILES string of the molecule is Cc1cc(-c2cnc(N)nc2)cc([C@@H]2CCN(C(=O)C(C)C)C2)n1. The van der Waals surface area contributed by atoms with Gasteiger partial charge in [0.2, 0.25) is 11.9 Å². The number of nitrogens with two attached hydrogens (primary N) is 1. The molecule has 0 spiro atoms. The number of carbonyl (C=O) groups is 1. The monoisotopic (exact) mass is 325 g/mol. The Kier molecular flexibility index (Phi) is 4.46. The molecule has 3 heterocycles. The molecule has 6 nitrogen and oxygen atoms in total. The fraction of sp³-hybridized carbons (Fsp3) is 0.444. The Labute approximate surface area is 142 Å². The van der Waals surface area contributed by atoms with Crippen LogP contribution in [0.2, 0.25) is 0 Å². The van der Waals surface area contributed by atoms with Crippen LogP contribution in [0.3, 0.4) is 0 Å². The first-order valence-corrected chi connectivity index (χ1v) is 8.29. The molecule has 1 fully saturated rings. The number of hydrogen-bond donors (Lipinski definition) is 1. The Bertz CT molecular complexity index is 742. The molecule has 0 saturated carbocycles. The van der Waals surface area contributed by atoms with Crippen molar-refractivity contribution in [3.63, 3.8) is 0 Å². The van der Waals surface area contributed by atoms with E-state index in [0.29, 0.717) is 0 Å². The van der Waals surface area contributed by atoms with Crippen molar-refractivity contribution in [3.05, 3.63) is 35.9 Å². The van der Waals surface area contributed by atoms with Crippen molar-refractivity contribution in [3.8, 4) is 11.1 Å². The van der Waals surface area contributed by atoms with Gasteiger partial charge in [-0.15, -0.1) is 0 Å². The van der Waals surface area contributed by atoms with Gasteiger partial charge in [-0.25, -0.2) is 9.97 Å². The molecule has 3 rings (SSSR count). The molecule has 0 unspecified atom stereocenters. The topological polar surface area (TPSA) is 85.0 Å². The average molecular weight is 325 g/mol. The zero-order valence-electron chi connectivity index (χ0n) is 14.4. The van der Waals surface area contributed by atoms with E-state index in [0.717, 1.165) is 42.0 Å². The number of aryl methyl sites for hydroxylation is 1. The summed E-state index contributed by atoms with van der Waals surface area (Å²) in [7, 11) is 0. The second kappa shape index (κ2) is 6.55. The lowest BCUT2D eigenvalue weighted by molar-refractivity contribution is -0.133. The van der Waals surface area contributed by atoms with Gasteiger partial charge >= 0.3 is 0 Å². The molecule has 2 N–H and O–H groups in total. The first kappa shape index (κ1) is 16.4. The minimum Gasteiger partial charge on any atom is -0.368 e. The lowest BCUT2D eigenvalue weighted by Crippen LogP contribution is -2.32. The summed E-state index contributed by atoms with van der Waals surface area (Å²) in [4.78, 5) is 27.0. The van der Waals surface area contributed by atoms with Gasteiger partial charge in [-0.3, -0.25) is 9.78 Å². The van der Waals surface area contributed by atoms with Gasteiger partial charge in [-0.05, 0) is 31.0 Å². The van der Waals surface area contributed by atoms with Crippen molar-refractivity contribution >= 4 is 11.9 Å². The van der Waals surface area contributed by atoms with E-state index >= 15 is 0 Å². The van der Waals surface area contributed by atoms with Crippen LogP contribution in [-0.4, -0.2) is 38.8 Å². The Morgan fingerprint density at radius 3 is 2.62 bits per heavy atom. The van der Waals surface area contributed by atoms with Gasteiger partial charge in [0, 0.05) is 54.3 Å². The molecule has 2 aromatic heterocycles. The number of hydrogen-bond acceptors (Lipinski definition) is 5. The number of nitrogen functional groups attached to an aromatic ring is 1. The third-order valence-corrected chi connectivity index (χ3v) is 4.39. The third kappa shape index (κ3) is 3.37. The molecule has 0 bridgehead atoms. The van der Waals surface area contributed by atoms with Crippen molar-refractivity contribution in [1.82, 2.24) is 19.9 Å². The predicted octanol–water partition coefficient (Wildman–Crippen LogP) is 2.40. The largest absolute Gasteiger partial charge is 0.368 e. The number of carbonyl (C=O) groups excluding carboxylic acids is 1. The highest BCUT2D eigenvalue weighted by Gasteiger charge is 2.29. The van der Waals surface area contributed by atoms with E-state index < -0.39 is 0 Å². The van der Waals surface area contributed by atoms with E-state index in [2.05, 4.69) is 16.0 Å². The maximum Gasteiger partial charge on any atom is 0.225 e. The van der Waals surface area contributed by atoms with Crippen LogP contribution in [0.15, 0.2) is 24.5 Å². The van der Waals surface area contributed by atoms with E-state index in [9.17, 15) is 4.79 Å². The standard InChI is InChI=1S/C18H23N5O/c1-11(2)17(24)23-5-4-13(10-23)16-7-14(6-12(3)22-16)15-8-20-18(19)21-9-15/h6-9,11,13H,4-5,10H2,1-3H3,(H2,19,20,21)/t13-/m1/s1.